The average molecular weight is 286 g/mol. The molecule has 7 heteroatoms. The van der Waals surface area contributed by atoms with E-state index in [-0.39, 0.29) is 4.90 Å². The molecule has 0 amide bonds. The molecule has 1 heterocycles. The number of carbonyl (C=O) groups is 1. The molecule has 0 unspecified atom stereocenters. The molecule has 1 aromatic heterocycles. The third-order valence-electron chi connectivity index (χ3n) is 2.52. The Morgan fingerprint density at radius 2 is 2.05 bits per heavy atom. The Bertz CT molecular complexity index is 535. The number of carbonyl (C=O) groups excluding carboxylic acids is 1. The molecule has 0 aliphatic carbocycles. The van der Waals surface area contributed by atoms with Crippen LogP contribution in [0.15, 0.2) is 29.4 Å². The second-order valence-corrected chi connectivity index (χ2v) is 6.85. The molecule has 1 rings (SSSR count). The second-order valence-electron chi connectivity index (χ2n) is 5.13. The van der Waals surface area contributed by atoms with Gasteiger partial charge in [-0.25, -0.2) is 8.42 Å². The zero-order valence-corrected chi connectivity index (χ0v) is 12.2. The van der Waals surface area contributed by atoms with Crippen molar-refractivity contribution in [3.63, 3.8) is 0 Å². The first-order valence-electron chi connectivity index (χ1n) is 5.68. The van der Waals surface area contributed by atoms with Gasteiger partial charge in [0.1, 0.15) is 10.9 Å². The fourth-order valence-corrected chi connectivity index (χ4v) is 2.78. The number of hydrogen-bond acceptors (Lipinski definition) is 5. The van der Waals surface area contributed by atoms with E-state index in [9.17, 15) is 13.2 Å². The van der Waals surface area contributed by atoms with Crippen LogP contribution in [0.2, 0.25) is 0 Å². The van der Waals surface area contributed by atoms with Crippen molar-refractivity contribution < 1.29 is 17.9 Å². The summed E-state index contributed by atoms with van der Waals surface area (Å²) >= 11 is 0. The van der Waals surface area contributed by atoms with Gasteiger partial charge in [0.05, 0.1) is 7.11 Å². The van der Waals surface area contributed by atoms with Crippen LogP contribution in [0, 0.1) is 5.41 Å². The standard InChI is InChI=1S/C12H18N2O4S/c1-12(2,3)10(11(15)18-4)14-19(16,17)9-6-5-7-13-8-9/h5-8,10,14H,1-4H3/t10-/m1/s1. The summed E-state index contributed by atoms with van der Waals surface area (Å²) in [6, 6.07) is 1.95. The number of rotatable bonds is 4. The normalized spacial score (nSPS) is 13.9. The summed E-state index contributed by atoms with van der Waals surface area (Å²) in [4.78, 5) is 15.5. The van der Waals surface area contributed by atoms with E-state index >= 15 is 0 Å². The van der Waals surface area contributed by atoms with E-state index in [0.29, 0.717) is 0 Å². The third kappa shape index (κ3) is 4.00. The SMILES string of the molecule is COC(=O)[C@@H](NS(=O)(=O)c1cccnc1)C(C)(C)C. The molecule has 19 heavy (non-hydrogen) atoms. The van der Waals surface area contributed by atoms with E-state index in [1.54, 1.807) is 20.8 Å². The van der Waals surface area contributed by atoms with Gasteiger partial charge < -0.3 is 4.74 Å². The summed E-state index contributed by atoms with van der Waals surface area (Å²) in [5.41, 5.74) is -0.609. The van der Waals surface area contributed by atoms with Crippen LogP contribution in [0.25, 0.3) is 0 Å². The first-order chi connectivity index (χ1) is 8.68. The van der Waals surface area contributed by atoms with E-state index in [1.165, 1.54) is 31.6 Å². The molecule has 0 saturated carbocycles. The summed E-state index contributed by atoms with van der Waals surface area (Å²) in [5, 5.41) is 0. The predicted molar refractivity (Wildman–Crippen MR) is 69.8 cm³/mol. The first kappa shape index (κ1) is 15.6. The number of aromatic nitrogens is 1. The second kappa shape index (κ2) is 5.66. The van der Waals surface area contributed by atoms with Crippen molar-refractivity contribution in [3.05, 3.63) is 24.5 Å². The van der Waals surface area contributed by atoms with Gasteiger partial charge in [-0.1, -0.05) is 20.8 Å². The highest BCUT2D eigenvalue weighted by atomic mass is 32.2. The Labute approximate surface area is 113 Å². The fourth-order valence-electron chi connectivity index (χ4n) is 1.43. The van der Waals surface area contributed by atoms with Gasteiger partial charge in [0.15, 0.2) is 0 Å². The van der Waals surface area contributed by atoms with Crippen LogP contribution in [-0.2, 0) is 19.6 Å². The van der Waals surface area contributed by atoms with Crippen LogP contribution in [0.5, 0.6) is 0 Å². The van der Waals surface area contributed by atoms with Gasteiger partial charge in [0, 0.05) is 12.4 Å². The lowest BCUT2D eigenvalue weighted by Gasteiger charge is -2.28. The molecule has 0 aromatic carbocycles. The summed E-state index contributed by atoms with van der Waals surface area (Å²) < 4.78 is 31.3. The fraction of sp³-hybridized carbons (Fsp3) is 0.500. The molecule has 0 fully saturated rings. The van der Waals surface area contributed by atoms with Crippen LogP contribution in [-0.4, -0.2) is 32.5 Å². The summed E-state index contributed by atoms with van der Waals surface area (Å²) in [7, 11) is -2.59. The molecule has 0 spiro atoms. The van der Waals surface area contributed by atoms with Gasteiger partial charge in [-0.15, -0.1) is 0 Å². The maximum Gasteiger partial charge on any atom is 0.324 e. The van der Waals surface area contributed by atoms with Crippen molar-refractivity contribution in [2.75, 3.05) is 7.11 Å². The molecular weight excluding hydrogens is 268 g/mol. The highest BCUT2D eigenvalue weighted by Crippen LogP contribution is 2.22. The summed E-state index contributed by atoms with van der Waals surface area (Å²) in [6.07, 6.45) is 2.69. The number of pyridine rings is 1. The van der Waals surface area contributed by atoms with E-state index in [1.807, 2.05) is 0 Å². The van der Waals surface area contributed by atoms with Crippen molar-refractivity contribution in [1.29, 1.82) is 0 Å². The molecule has 1 N–H and O–H groups in total. The number of nitrogens with zero attached hydrogens (tertiary/aromatic N) is 1. The van der Waals surface area contributed by atoms with E-state index in [0.717, 1.165) is 0 Å². The average Bonchev–Trinajstić information content (AvgIpc) is 2.35. The molecule has 0 aliphatic rings. The number of nitrogens with one attached hydrogen (secondary N) is 1. The quantitative estimate of drug-likeness (QED) is 0.833. The molecule has 0 saturated heterocycles. The minimum absolute atomic E-state index is 0.00755. The van der Waals surface area contributed by atoms with Gasteiger partial charge in [-0.3, -0.25) is 9.78 Å². The lowest BCUT2D eigenvalue weighted by Crippen LogP contribution is -2.49. The van der Waals surface area contributed by atoms with Gasteiger partial charge in [0.25, 0.3) is 0 Å². The topological polar surface area (TPSA) is 85.4 Å². The smallest absolute Gasteiger partial charge is 0.324 e. The Kier molecular flexibility index (Phi) is 4.65. The third-order valence-corrected chi connectivity index (χ3v) is 3.93. The Morgan fingerprint density at radius 3 is 2.47 bits per heavy atom. The summed E-state index contributed by atoms with van der Waals surface area (Å²) in [6.45, 7) is 5.25. The first-order valence-corrected chi connectivity index (χ1v) is 7.17. The van der Waals surface area contributed by atoms with Gasteiger partial charge in [0.2, 0.25) is 10.0 Å². The molecule has 0 radical (unpaired) electrons. The van der Waals surface area contributed by atoms with Crippen molar-refractivity contribution >= 4 is 16.0 Å². The Hall–Kier alpha value is -1.47. The van der Waals surface area contributed by atoms with Gasteiger partial charge in [-0.2, -0.15) is 4.72 Å². The highest BCUT2D eigenvalue weighted by molar-refractivity contribution is 7.89. The van der Waals surface area contributed by atoms with Crippen molar-refractivity contribution in [2.24, 2.45) is 5.41 Å². The number of sulfonamides is 1. The zero-order chi connectivity index (χ0) is 14.7. The van der Waals surface area contributed by atoms with E-state index < -0.39 is 27.4 Å². The monoisotopic (exact) mass is 286 g/mol. The highest BCUT2D eigenvalue weighted by Gasteiger charge is 2.36. The lowest BCUT2D eigenvalue weighted by molar-refractivity contribution is -0.145. The molecular formula is C12H18N2O4S. The molecule has 106 valence electrons. The minimum atomic E-state index is -3.81. The van der Waals surface area contributed by atoms with Gasteiger partial charge in [-0.05, 0) is 17.5 Å². The van der Waals surface area contributed by atoms with Crippen molar-refractivity contribution in [1.82, 2.24) is 9.71 Å². The van der Waals surface area contributed by atoms with E-state index in [2.05, 4.69) is 14.4 Å². The van der Waals surface area contributed by atoms with Crippen LogP contribution >= 0.6 is 0 Å². The van der Waals surface area contributed by atoms with Crippen LogP contribution in [0.1, 0.15) is 20.8 Å². The number of ether oxygens (including phenoxy) is 1. The Morgan fingerprint density at radius 1 is 1.42 bits per heavy atom. The minimum Gasteiger partial charge on any atom is -0.468 e. The maximum atomic E-state index is 12.2. The molecule has 6 nitrogen and oxygen atoms in total. The molecule has 0 aliphatic heterocycles. The number of esters is 1. The zero-order valence-electron chi connectivity index (χ0n) is 11.4. The number of methoxy groups -OCH3 is 1. The van der Waals surface area contributed by atoms with Crippen molar-refractivity contribution in [3.8, 4) is 0 Å². The van der Waals surface area contributed by atoms with Gasteiger partial charge >= 0.3 is 5.97 Å². The lowest BCUT2D eigenvalue weighted by atomic mass is 9.87. The molecule has 1 aromatic rings. The number of hydrogen-bond donors (Lipinski definition) is 1. The largest absolute Gasteiger partial charge is 0.468 e. The van der Waals surface area contributed by atoms with Crippen LogP contribution in [0.3, 0.4) is 0 Å². The van der Waals surface area contributed by atoms with Crippen LogP contribution in [0.4, 0.5) is 0 Å². The van der Waals surface area contributed by atoms with E-state index in [4.69, 9.17) is 0 Å². The summed E-state index contributed by atoms with van der Waals surface area (Å²) in [5.74, 6) is -0.625. The molecule has 1 atom stereocenters. The Balaban J connectivity index is 3.07. The molecule has 0 bridgehead atoms. The van der Waals surface area contributed by atoms with Crippen molar-refractivity contribution in [2.45, 2.75) is 31.7 Å². The predicted octanol–water partition coefficient (Wildman–Crippen LogP) is 0.948. The maximum absolute atomic E-state index is 12.2. The van der Waals surface area contributed by atoms with Crippen LogP contribution < -0.4 is 4.72 Å².